The van der Waals surface area contributed by atoms with E-state index >= 15 is 0 Å². The molecule has 0 saturated heterocycles. The third-order valence-corrected chi connectivity index (χ3v) is 1.74. The molecule has 3 nitrogen and oxygen atoms in total. The van der Waals surface area contributed by atoms with E-state index in [1.807, 2.05) is 0 Å². The molecule has 0 aliphatic rings. The Hall–Kier alpha value is -2.10. The molecule has 1 aromatic carbocycles. The summed E-state index contributed by atoms with van der Waals surface area (Å²) >= 11 is 0. The van der Waals surface area contributed by atoms with Gasteiger partial charge in [0.25, 0.3) is 0 Å². The molecule has 0 aliphatic heterocycles. The zero-order valence-corrected chi connectivity index (χ0v) is 7.72. The van der Waals surface area contributed by atoms with Crippen LogP contribution in [0.15, 0.2) is 42.6 Å². The Kier molecular flexibility index (Phi) is 2.49. The molecule has 0 aliphatic carbocycles. The van der Waals surface area contributed by atoms with Crippen LogP contribution >= 0.6 is 0 Å². The van der Waals surface area contributed by atoms with Gasteiger partial charge < -0.3 is 9.84 Å². The molecule has 0 unspecified atom stereocenters. The summed E-state index contributed by atoms with van der Waals surface area (Å²) in [5.41, 5.74) is 0. The maximum Gasteiger partial charge on any atom is 0.219 e. The first-order valence-electron chi connectivity index (χ1n) is 4.32. The number of aromatic hydroxyl groups is 1. The summed E-state index contributed by atoms with van der Waals surface area (Å²) in [6.07, 6.45) is 1.26. The molecule has 2 rings (SSSR count). The lowest BCUT2D eigenvalue weighted by atomic mass is 10.3. The molecule has 4 heteroatoms. The van der Waals surface area contributed by atoms with Crippen LogP contribution in [-0.4, -0.2) is 10.1 Å². The second-order valence-corrected chi connectivity index (χ2v) is 2.91. The molecule has 0 fully saturated rings. The fourth-order valence-corrected chi connectivity index (χ4v) is 1.08. The fraction of sp³-hybridized carbons (Fsp3) is 0. The highest BCUT2D eigenvalue weighted by Gasteiger charge is 1.99. The molecule has 0 radical (unpaired) electrons. The number of ether oxygens (including phenoxy) is 1. The maximum absolute atomic E-state index is 12.8. The van der Waals surface area contributed by atoms with Gasteiger partial charge in [-0.3, -0.25) is 0 Å². The van der Waals surface area contributed by atoms with Crippen LogP contribution in [0.3, 0.4) is 0 Å². The Labute approximate surface area is 85.8 Å². The van der Waals surface area contributed by atoms with Crippen LogP contribution in [0.2, 0.25) is 0 Å². The Morgan fingerprint density at radius 1 is 1.20 bits per heavy atom. The molecule has 2 aromatic rings. The van der Waals surface area contributed by atoms with Gasteiger partial charge in [-0.2, -0.15) is 0 Å². The summed E-state index contributed by atoms with van der Waals surface area (Å²) in [6, 6.07) is 8.70. The molecule has 0 saturated carbocycles. The van der Waals surface area contributed by atoms with Crippen molar-refractivity contribution in [1.82, 2.24) is 4.98 Å². The van der Waals surface area contributed by atoms with Crippen molar-refractivity contribution in [2.75, 3.05) is 0 Å². The van der Waals surface area contributed by atoms with Crippen LogP contribution < -0.4 is 4.74 Å². The normalized spacial score (nSPS) is 9.93. The van der Waals surface area contributed by atoms with Gasteiger partial charge in [0.05, 0.1) is 6.20 Å². The van der Waals surface area contributed by atoms with Crippen molar-refractivity contribution in [1.29, 1.82) is 0 Å². The number of halogens is 1. The molecule has 1 heterocycles. The van der Waals surface area contributed by atoms with E-state index in [-0.39, 0.29) is 11.6 Å². The molecular formula is C11H8FNO2. The lowest BCUT2D eigenvalue weighted by Gasteiger charge is -2.03. The van der Waals surface area contributed by atoms with Crippen molar-refractivity contribution in [3.63, 3.8) is 0 Å². The zero-order chi connectivity index (χ0) is 10.7. The Balaban J connectivity index is 2.18. The number of hydrogen-bond acceptors (Lipinski definition) is 3. The van der Waals surface area contributed by atoms with Gasteiger partial charge in [0.15, 0.2) is 0 Å². The standard InChI is InChI=1S/C11H8FNO2/c12-8-2-1-3-10(6-8)15-11-5-4-9(14)7-13-11/h1-7,14H. The summed E-state index contributed by atoms with van der Waals surface area (Å²) in [5, 5.41) is 8.99. The molecule has 0 atom stereocenters. The topological polar surface area (TPSA) is 42.4 Å². The van der Waals surface area contributed by atoms with E-state index in [4.69, 9.17) is 9.84 Å². The third kappa shape index (κ3) is 2.43. The van der Waals surface area contributed by atoms with Crippen LogP contribution in [0.1, 0.15) is 0 Å². The molecule has 0 spiro atoms. The van der Waals surface area contributed by atoms with E-state index in [9.17, 15) is 4.39 Å². The smallest absolute Gasteiger partial charge is 0.219 e. The van der Waals surface area contributed by atoms with Crippen molar-refractivity contribution >= 4 is 0 Å². The Morgan fingerprint density at radius 2 is 2.07 bits per heavy atom. The van der Waals surface area contributed by atoms with Crippen molar-refractivity contribution in [2.45, 2.75) is 0 Å². The molecule has 0 bridgehead atoms. The zero-order valence-electron chi connectivity index (χ0n) is 7.72. The average molecular weight is 205 g/mol. The highest BCUT2D eigenvalue weighted by Crippen LogP contribution is 2.20. The predicted molar refractivity (Wildman–Crippen MR) is 52.4 cm³/mol. The third-order valence-electron chi connectivity index (χ3n) is 1.74. The van der Waals surface area contributed by atoms with Crippen LogP contribution in [0.4, 0.5) is 4.39 Å². The highest BCUT2D eigenvalue weighted by molar-refractivity contribution is 5.29. The van der Waals surface area contributed by atoms with Crippen LogP contribution in [0.25, 0.3) is 0 Å². The van der Waals surface area contributed by atoms with E-state index < -0.39 is 0 Å². The molecule has 15 heavy (non-hydrogen) atoms. The second-order valence-electron chi connectivity index (χ2n) is 2.91. The molecule has 1 N–H and O–H groups in total. The number of benzene rings is 1. The van der Waals surface area contributed by atoms with E-state index in [1.165, 1.54) is 30.5 Å². The first-order valence-corrected chi connectivity index (χ1v) is 4.32. The molecule has 0 amide bonds. The van der Waals surface area contributed by atoms with Crippen molar-refractivity contribution in [2.24, 2.45) is 0 Å². The van der Waals surface area contributed by atoms with Gasteiger partial charge in [-0.15, -0.1) is 0 Å². The summed E-state index contributed by atoms with van der Waals surface area (Å²) in [7, 11) is 0. The monoisotopic (exact) mass is 205 g/mol. The van der Waals surface area contributed by atoms with Crippen molar-refractivity contribution in [3.05, 3.63) is 48.4 Å². The lowest BCUT2D eigenvalue weighted by Crippen LogP contribution is -1.87. The van der Waals surface area contributed by atoms with Crippen molar-refractivity contribution < 1.29 is 14.2 Å². The Bertz CT molecular complexity index is 456. The second kappa shape index (κ2) is 3.96. The number of nitrogens with zero attached hydrogens (tertiary/aromatic N) is 1. The SMILES string of the molecule is Oc1ccc(Oc2cccc(F)c2)nc1. The summed E-state index contributed by atoms with van der Waals surface area (Å²) in [6.45, 7) is 0. The highest BCUT2D eigenvalue weighted by atomic mass is 19.1. The average Bonchev–Trinajstić information content (AvgIpc) is 2.22. The number of pyridine rings is 1. The molecule has 76 valence electrons. The van der Waals surface area contributed by atoms with Gasteiger partial charge >= 0.3 is 0 Å². The molecular weight excluding hydrogens is 197 g/mol. The van der Waals surface area contributed by atoms with E-state index in [0.29, 0.717) is 11.6 Å². The van der Waals surface area contributed by atoms with E-state index in [0.717, 1.165) is 0 Å². The quantitative estimate of drug-likeness (QED) is 0.819. The van der Waals surface area contributed by atoms with Gasteiger partial charge in [0.2, 0.25) is 5.88 Å². The van der Waals surface area contributed by atoms with Gasteiger partial charge in [-0.1, -0.05) is 6.07 Å². The van der Waals surface area contributed by atoms with Crippen molar-refractivity contribution in [3.8, 4) is 17.4 Å². The Morgan fingerprint density at radius 3 is 2.73 bits per heavy atom. The fourth-order valence-electron chi connectivity index (χ4n) is 1.08. The number of rotatable bonds is 2. The summed E-state index contributed by atoms with van der Waals surface area (Å²) in [5.74, 6) is 0.361. The number of aromatic nitrogens is 1. The lowest BCUT2D eigenvalue weighted by molar-refractivity contribution is 0.444. The van der Waals surface area contributed by atoms with E-state index in [2.05, 4.69) is 4.98 Å². The predicted octanol–water partition coefficient (Wildman–Crippen LogP) is 2.72. The van der Waals surface area contributed by atoms with Crippen LogP contribution in [0.5, 0.6) is 17.4 Å². The van der Waals surface area contributed by atoms with E-state index in [1.54, 1.807) is 12.1 Å². The first kappa shape index (κ1) is 9.45. The minimum Gasteiger partial charge on any atom is -0.506 e. The van der Waals surface area contributed by atoms with Gasteiger partial charge in [0.1, 0.15) is 17.3 Å². The largest absolute Gasteiger partial charge is 0.506 e. The first-order chi connectivity index (χ1) is 7.24. The number of hydrogen-bond donors (Lipinski definition) is 1. The van der Waals surface area contributed by atoms with Crippen LogP contribution in [-0.2, 0) is 0 Å². The summed E-state index contributed by atoms with van der Waals surface area (Å²) in [4.78, 5) is 3.81. The minimum atomic E-state index is -0.369. The van der Waals surface area contributed by atoms with Gasteiger partial charge in [-0.05, 0) is 18.2 Å². The minimum absolute atomic E-state index is 0.0570. The molecule has 1 aromatic heterocycles. The maximum atomic E-state index is 12.8. The van der Waals surface area contributed by atoms with Gasteiger partial charge in [-0.25, -0.2) is 9.37 Å². The summed E-state index contributed by atoms with van der Waals surface area (Å²) < 4.78 is 18.0. The van der Waals surface area contributed by atoms with Gasteiger partial charge in [0, 0.05) is 12.1 Å². The van der Waals surface area contributed by atoms with Crippen LogP contribution in [0, 0.1) is 5.82 Å².